The molecule has 0 saturated carbocycles. The molecule has 6 nitrogen and oxygen atoms in total. The number of methoxy groups -OCH3 is 1. The molecular weight excluding hydrogens is 328 g/mol. The van der Waals surface area contributed by atoms with Gasteiger partial charge in [-0.3, -0.25) is 4.79 Å². The number of likely N-dealkylation sites (tertiary alicyclic amines) is 1. The number of carbonyl (C=O) groups excluding carboxylic acids is 1. The maximum absolute atomic E-state index is 12.1. The first kappa shape index (κ1) is 17.9. The molecule has 2 heterocycles. The van der Waals surface area contributed by atoms with E-state index >= 15 is 0 Å². The molecule has 6 heteroatoms. The number of amides is 1. The van der Waals surface area contributed by atoms with Crippen molar-refractivity contribution in [2.45, 2.75) is 25.7 Å². The predicted molar refractivity (Wildman–Crippen MR) is 97.4 cm³/mol. The second kappa shape index (κ2) is 7.96. The second-order valence-corrected chi connectivity index (χ2v) is 6.48. The summed E-state index contributed by atoms with van der Waals surface area (Å²) in [6.45, 7) is 2.94. The van der Waals surface area contributed by atoms with Gasteiger partial charge >= 0.3 is 0 Å². The number of hydrogen-bond acceptors (Lipinski definition) is 5. The van der Waals surface area contributed by atoms with E-state index in [1.165, 1.54) is 0 Å². The zero-order valence-electron chi connectivity index (χ0n) is 15.1. The van der Waals surface area contributed by atoms with Crippen molar-refractivity contribution in [2.24, 2.45) is 5.92 Å². The number of nitriles is 1. The van der Waals surface area contributed by atoms with Crippen LogP contribution in [0.1, 0.15) is 31.5 Å². The van der Waals surface area contributed by atoms with E-state index in [1.807, 2.05) is 36.4 Å². The zero-order chi connectivity index (χ0) is 18.5. The molecule has 0 aliphatic carbocycles. The van der Waals surface area contributed by atoms with E-state index < -0.39 is 5.92 Å². The van der Waals surface area contributed by atoms with Crippen LogP contribution in [0.2, 0.25) is 0 Å². The first-order valence-corrected chi connectivity index (χ1v) is 8.78. The first-order valence-electron chi connectivity index (χ1n) is 8.78. The zero-order valence-corrected chi connectivity index (χ0v) is 15.1. The molecule has 1 amide bonds. The summed E-state index contributed by atoms with van der Waals surface area (Å²) in [4.78, 5) is 23.1. The molecule has 1 saturated heterocycles. The summed E-state index contributed by atoms with van der Waals surface area (Å²) >= 11 is 0. The van der Waals surface area contributed by atoms with Crippen molar-refractivity contribution < 1.29 is 9.53 Å². The highest BCUT2D eigenvalue weighted by atomic mass is 16.5. The topological polar surface area (TPSA) is 79.1 Å². The molecule has 1 atom stereocenters. The van der Waals surface area contributed by atoms with Crippen molar-refractivity contribution in [1.29, 1.82) is 5.26 Å². The van der Waals surface area contributed by atoms with Crippen LogP contribution in [0, 0.1) is 17.2 Å². The Labute approximate surface area is 153 Å². The molecule has 1 aromatic heterocycles. The quantitative estimate of drug-likeness (QED) is 0.847. The van der Waals surface area contributed by atoms with Crippen LogP contribution in [0.3, 0.4) is 0 Å². The SMILES string of the molecule is COc1ccc(-c2ccnc(C3CCN(C(=O)C(C)C#N)CC3)n2)cc1. The van der Waals surface area contributed by atoms with E-state index in [4.69, 9.17) is 15.0 Å². The third-order valence-electron chi connectivity index (χ3n) is 4.80. The van der Waals surface area contributed by atoms with Gasteiger partial charge in [-0.1, -0.05) is 0 Å². The highest BCUT2D eigenvalue weighted by molar-refractivity contribution is 5.80. The lowest BCUT2D eigenvalue weighted by atomic mass is 9.95. The summed E-state index contributed by atoms with van der Waals surface area (Å²) in [5.74, 6) is 1.19. The van der Waals surface area contributed by atoms with Crippen LogP contribution in [-0.2, 0) is 4.79 Å². The van der Waals surface area contributed by atoms with Crippen molar-refractivity contribution in [3.63, 3.8) is 0 Å². The summed E-state index contributed by atoms with van der Waals surface area (Å²) in [6, 6.07) is 11.7. The van der Waals surface area contributed by atoms with Crippen LogP contribution in [0.4, 0.5) is 0 Å². The van der Waals surface area contributed by atoms with Gasteiger partial charge in [0, 0.05) is 30.8 Å². The average Bonchev–Trinajstić information content (AvgIpc) is 2.73. The summed E-state index contributed by atoms with van der Waals surface area (Å²) in [5, 5.41) is 8.91. The van der Waals surface area contributed by atoms with Crippen LogP contribution >= 0.6 is 0 Å². The number of rotatable bonds is 4. The van der Waals surface area contributed by atoms with Crippen LogP contribution in [-0.4, -0.2) is 41.0 Å². The van der Waals surface area contributed by atoms with Gasteiger partial charge in [-0.05, 0) is 50.1 Å². The summed E-state index contributed by atoms with van der Waals surface area (Å²) in [6.07, 6.45) is 3.42. The number of ether oxygens (including phenoxy) is 1. The van der Waals surface area contributed by atoms with E-state index in [-0.39, 0.29) is 11.8 Å². The van der Waals surface area contributed by atoms with Gasteiger partial charge in [0.15, 0.2) is 0 Å². The molecule has 0 bridgehead atoms. The minimum atomic E-state index is -0.582. The largest absolute Gasteiger partial charge is 0.497 e. The Morgan fingerprint density at radius 3 is 2.58 bits per heavy atom. The van der Waals surface area contributed by atoms with Gasteiger partial charge in [-0.15, -0.1) is 0 Å². The van der Waals surface area contributed by atoms with Crippen LogP contribution in [0.25, 0.3) is 11.3 Å². The van der Waals surface area contributed by atoms with Gasteiger partial charge in [0.05, 0.1) is 18.9 Å². The van der Waals surface area contributed by atoms with Crippen molar-refractivity contribution in [1.82, 2.24) is 14.9 Å². The number of nitrogens with zero attached hydrogens (tertiary/aromatic N) is 4. The Hall–Kier alpha value is -2.94. The predicted octanol–water partition coefficient (Wildman–Crippen LogP) is 3.02. The fraction of sp³-hybridized carbons (Fsp3) is 0.400. The molecule has 0 radical (unpaired) electrons. The normalized spacial score (nSPS) is 16.0. The molecule has 0 N–H and O–H groups in total. The van der Waals surface area contributed by atoms with Gasteiger partial charge in [-0.25, -0.2) is 9.97 Å². The minimum absolute atomic E-state index is 0.0844. The van der Waals surface area contributed by atoms with Crippen molar-refractivity contribution in [3.05, 3.63) is 42.4 Å². The third-order valence-corrected chi connectivity index (χ3v) is 4.80. The van der Waals surface area contributed by atoms with E-state index in [1.54, 1.807) is 25.1 Å². The number of benzene rings is 1. The first-order chi connectivity index (χ1) is 12.6. The van der Waals surface area contributed by atoms with Gasteiger partial charge in [0.25, 0.3) is 0 Å². The molecule has 0 spiro atoms. The molecule has 1 aromatic carbocycles. The van der Waals surface area contributed by atoms with E-state index in [0.717, 1.165) is 35.7 Å². The van der Waals surface area contributed by atoms with Crippen LogP contribution in [0.5, 0.6) is 5.75 Å². The number of piperidine rings is 1. The molecule has 2 aromatic rings. The van der Waals surface area contributed by atoms with E-state index in [0.29, 0.717) is 13.1 Å². The summed E-state index contributed by atoms with van der Waals surface area (Å²) in [5.41, 5.74) is 1.90. The Balaban J connectivity index is 1.69. The Kier molecular flexibility index (Phi) is 5.47. The minimum Gasteiger partial charge on any atom is -0.497 e. The van der Waals surface area contributed by atoms with Crippen molar-refractivity contribution >= 4 is 5.91 Å². The Morgan fingerprint density at radius 2 is 1.96 bits per heavy atom. The van der Waals surface area contributed by atoms with Crippen LogP contribution < -0.4 is 4.74 Å². The highest BCUT2D eigenvalue weighted by Crippen LogP contribution is 2.28. The second-order valence-electron chi connectivity index (χ2n) is 6.48. The van der Waals surface area contributed by atoms with Crippen molar-refractivity contribution in [3.8, 4) is 23.1 Å². The van der Waals surface area contributed by atoms with Gasteiger partial charge in [-0.2, -0.15) is 5.26 Å². The molecule has 134 valence electrons. The fourth-order valence-corrected chi connectivity index (χ4v) is 3.18. The maximum Gasteiger partial charge on any atom is 0.239 e. The Bertz CT molecular complexity index is 805. The monoisotopic (exact) mass is 350 g/mol. The lowest BCUT2D eigenvalue weighted by molar-refractivity contribution is -0.134. The van der Waals surface area contributed by atoms with E-state index in [2.05, 4.69) is 4.98 Å². The van der Waals surface area contributed by atoms with Crippen molar-refractivity contribution in [2.75, 3.05) is 20.2 Å². The standard InChI is InChI=1S/C20H22N4O2/c1-14(13-21)20(25)24-11-8-16(9-12-24)19-22-10-7-18(23-19)15-3-5-17(26-2)6-4-15/h3-7,10,14,16H,8-9,11-12H2,1-2H3. The molecule has 26 heavy (non-hydrogen) atoms. The Morgan fingerprint density at radius 1 is 1.27 bits per heavy atom. The third kappa shape index (κ3) is 3.83. The number of hydrogen-bond donors (Lipinski definition) is 0. The number of carbonyl (C=O) groups is 1. The average molecular weight is 350 g/mol. The lowest BCUT2D eigenvalue weighted by Gasteiger charge is -2.32. The molecular formula is C20H22N4O2. The molecule has 3 rings (SSSR count). The van der Waals surface area contributed by atoms with Crippen LogP contribution in [0.15, 0.2) is 36.5 Å². The van der Waals surface area contributed by atoms with Gasteiger partial charge < -0.3 is 9.64 Å². The maximum atomic E-state index is 12.1. The smallest absolute Gasteiger partial charge is 0.239 e. The molecule has 1 fully saturated rings. The molecule has 1 aliphatic rings. The van der Waals surface area contributed by atoms with Gasteiger partial charge in [0.2, 0.25) is 5.91 Å². The number of aromatic nitrogens is 2. The molecule has 1 unspecified atom stereocenters. The summed E-state index contributed by atoms with van der Waals surface area (Å²) < 4.78 is 5.19. The van der Waals surface area contributed by atoms with E-state index in [9.17, 15) is 4.79 Å². The molecule has 1 aliphatic heterocycles. The fourth-order valence-electron chi connectivity index (χ4n) is 3.18. The van der Waals surface area contributed by atoms with Gasteiger partial charge in [0.1, 0.15) is 17.5 Å². The summed E-state index contributed by atoms with van der Waals surface area (Å²) in [7, 11) is 1.65. The highest BCUT2D eigenvalue weighted by Gasteiger charge is 2.27. The lowest BCUT2D eigenvalue weighted by Crippen LogP contribution is -2.40.